The second-order valence-corrected chi connectivity index (χ2v) is 11.5. The minimum atomic E-state index is -0.330. The zero-order valence-electron chi connectivity index (χ0n) is 23.1. The summed E-state index contributed by atoms with van der Waals surface area (Å²) in [7, 11) is 4.08. The highest BCUT2D eigenvalue weighted by Gasteiger charge is 2.24. The number of para-hydroxylation sites is 1. The van der Waals surface area contributed by atoms with E-state index in [1.165, 1.54) is 0 Å². The molecule has 41 heavy (non-hydrogen) atoms. The first kappa shape index (κ1) is 28.7. The summed E-state index contributed by atoms with van der Waals surface area (Å²) in [6.45, 7) is 0. The Morgan fingerprint density at radius 3 is 2.37 bits per heavy atom. The first-order valence-corrected chi connectivity index (χ1v) is 14.5. The summed E-state index contributed by atoms with van der Waals surface area (Å²) in [6, 6.07) is 22.7. The summed E-state index contributed by atoms with van der Waals surface area (Å²) in [4.78, 5) is 32.9. The van der Waals surface area contributed by atoms with Gasteiger partial charge in [-0.3, -0.25) is 9.59 Å². The minimum Gasteiger partial charge on any atom is -0.377 e. The van der Waals surface area contributed by atoms with Crippen molar-refractivity contribution in [3.63, 3.8) is 0 Å². The van der Waals surface area contributed by atoms with Gasteiger partial charge in [-0.05, 0) is 61.6 Å². The predicted octanol–water partition coefficient (Wildman–Crippen LogP) is 6.94. The Hall–Kier alpha value is -3.81. The molecule has 0 bridgehead atoms. The highest BCUT2D eigenvalue weighted by molar-refractivity contribution is 6.36. The van der Waals surface area contributed by atoms with E-state index in [-0.39, 0.29) is 30.3 Å². The lowest BCUT2D eigenvalue weighted by Gasteiger charge is -2.30. The minimum absolute atomic E-state index is 0.0938. The number of benzene rings is 3. The third-order valence-electron chi connectivity index (χ3n) is 7.41. The molecule has 212 valence electrons. The van der Waals surface area contributed by atoms with Gasteiger partial charge in [0.2, 0.25) is 5.91 Å². The summed E-state index contributed by atoms with van der Waals surface area (Å²) in [5.74, 6) is 0.441. The van der Waals surface area contributed by atoms with Crippen LogP contribution in [0.25, 0.3) is 10.9 Å². The molecular formula is C32H33Cl2N5O2. The molecule has 1 heterocycles. The summed E-state index contributed by atoms with van der Waals surface area (Å²) in [5, 5.41) is 11.6. The Kier molecular flexibility index (Phi) is 8.96. The average Bonchev–Trinajstić information content (AvgIpc) is 2.95. The Bertz CT molecular complexity index is 1570. The van der Waals surface area contributed by atoms with Gasteiger partial charge in [-0.1, -0.05) is 59.6 Å². The number of hydrogen-bond donors (Lipinski definition) is 3. The van der Waals surface area contributed by atoms with Crippen LogP contribution < -0.4 is 20.9 Å². The number of rotatable bonds is 8. The fourth-order valence-corrected chi connectivity index (χ4v) is 5.78. The molecule has 3 aromatic carbocycles. The Labute approximate surface area is 250 Å². The van der Waals surface area contributed by atoms with Crippen LogP contribution in [0.2, 0.25) is 10.0 Å². The van der Waals surface area contributed by atoms with Gasteiger partial charge in [-0.25, -0.2) is 4.98 Å². The van der Waals surface area contributed by atoms with E-state index in [0.29, 0.717) is 26.9 Å². The lowest BCUT2D eigenvalue weighted by atomic mass is 9.91. The van der Waals surface area contributed by atoms with Crippen LogP contribution in [0, 0.1) is 0 Å². The average molecular weight is 591 g/mol. The second kappa shape index (κ2) is 12.8. The number of pyridine rings is 1. The monoisotopic (exact) mass is 589 g/mol. The Balaban J connectivity index is 1.16. The topological polar surface area (TPSA) is 86.4 Å². The molecule has 5 rings (SSSR count). The summed E-state index contributed by atoms with van der Waals surface area (Å²) >= 11 is 12.2. The number of carbonyl (C=O) groups is 2. The van der Waals surface area contributed by atoms with Crippen molar-refractivity contribution in [1.82, 2.24) is 10.3 Å². The van der Waals surface area contributed by atoms with Crippen molar-refractivity contribution < 1.29 is 9.59 Å². The van der Waals surface area contributed by atoms with Crippen molar-refractivity contribution in [3.8, 4) is 0 Å². The molecule has 3 N–H and O–H groups in total. The second-order valence-electron chi connectivity index (χ2n) is 10.6. The van der Waals surface area contributed by atoms with Crippen molar-refractivity contribution in [3.05, 3.63) is 94.0 Å². The number of carbonyl (C=O) groups excluding carboxylic acids is 2. The number of amides is 2. The van der Waals surface area contributed by atoms with E-state index in [0.717, 1.165) is 48.1 Å². The number of nitrogens with one attached hydrogen (secondary N) is 3. The van der Waals surface area contributed by atoms with E-state index >= 15 is 0 Å². The third-order valence-corrected chi connectivity index (χ3v) is 7.96. The van der Waals surface area contributed by atoms with Crippen LogP contribution in [0.5, 0.6) is 0 Å². The van der Waals surface area contributed by atoms with Crippen LogP contribution in [-0.2, 0) is 11.2 Å². The van der Waals surface area contributed by atoms with Crippen molar-refractivity contribution in [2.45, 2.75) is 44.2 Å². The first-order valence-electron chi connectivity index (χ1n) is 13.7. The van der Waals surface area contributed by atoms with E-state index in [1.54, 1.807) is 36.4 Å². The highest BCUT2D eigenvalue weighted by Crippen LogP contribution is 2.30. The van der Waals surface area contributed by atoms with Gasteiger partial charge in [-0.2, -0.15) is 0 Å². The van der Waals surface area contributed by atoms with Crippen molar-refractivity contribution in [2.75, 3.05) is 29.6 Å². The van der Waals surface area contributed by atoms with Gasteiger partial charge in [0.1, 0.15) is 5.82 Å². The van der Waals surface area contributed by atoms with E-state index in [1.807, 2.05) is 38.4 Å². The molecule has 0 radical (unpaired) electrons. The predicted molar refractivity (Wildman–Crippen MR) is 168 cm³/mol. The van der Waals surface area contributed by atoms with Gasteiger partial charge < -0.3 is 20.9 Å². The number of anilines is 3. The third kappa shape index (κ3) is 7.10. The van der Waals surface area contributed by atoms with Crippen molar-refractivity contribution in [2.24, 2.45) is 0 Å². The maximum atomic E-state index is 13.0. The zero-order valence-corrected chi connectivity index (χ0v) is 24.6. The molecule has 0 aliphatic heterocycles. The number of halogens is 2. The maximum Gasteiger partial charge on any atom is 0.255 e. The first-order chi connectivity index (χ1) is 19.8. The van der Waals surface area contributed by atoms with E-state index in [9.17, 15) is 9.59 Å². The van der Waals surface area contributed by atoms with Gasteiger partial charge in [0.15, 0.2) is 0 Å². The molecule has 4 aromatic rings. The molecule has 0 atom stereocenters. The van der Waals surface area contributed by atoms with Crippen molar-refractivity contribution >= 4 is 63.1 Å². The molecule has 0 unspecified atom stereocenters. The van der Waals surface area contributed by atoms with Gasteiger partial charge >= 0.3 is 0 Å². The van der Waals surface area contributed by atoms with E-state index in [4.69, 9.17) is 28.2 Å². The zero-order chi connectivity index (χ0) is 28.9. The highest BCUT2D eigenvalue weighted by atomic mass is 35.5. The molecule has 1 fully saturated rings. The summed E-state index contributed by atoms with van der Waals surface area (Å²) in [5.41, 5.74) is 3.64. The summed E-state index contributed by atoms with van der Waals surface area (Å²) in [6.07, 6.45) is 3.71. The van der Waals surface area contributed by atoms with Gasteiger partial charge in [0.05, 0.1) is 22.6 Å². The molecule has 1 aliphatic carbocycles. The fraction of sp³-hybridized carbons (Fsp3) is 0.281. The molecule has 9 heteroatoms. The molecular weight excluding hydrogens is 557 g/mol. The molecule has 0 saturated heterocycles. The van der Waals surface area contributed by atoms with Crippen LogP contribution in [-0.4, -0.2) is 43.0 Å². The number of nitrogens with zero attached hydrogens (tertiary/aromatic N) is 2. The van der Waals surface area contributed by atoms with Crippen LogP contribution in [0.1, 0.15) is 41.6 Å². The quantitative estimate of drug-likeness (QED) is 0.207. The number of fused-ring (bicyclic) bond motifs is 1. The maximum absolute atomic E-state index is 13.0. The Morgan fingerprint density at radius 2 is 1.61 bits per heavy atom. The number of hydrogen-bond acceptors (Lipinski definition) is 5. The lowest BCUT2D eigenvalue weighted by molar-refractivity contribution is -0.121. The fourth-order valence-electron chi connectivity index (χ4n) is 5.32. The SMILES string of the molecule is CN(C)c1cc(NC2CCC(NC(=O)Cc3ccccc3C(=O)Nc3ccc(Cl)cc3Cl)CC2)nc2ccccc12. The van der Waals surface area contributed by atoms with Crippen molar-refractivity contribution in [1.29, 1.82) is 0 Å². The Morgan fingerprint density at radius 1 is 0.902 bits per heavy atom. The van der Waals surface area contributed by atoms with Crippen LogP contribution in [0.15, 0.2) is 72.8 Å². The summed E-state index contributed by atoms with van der Waals surface area (Å²) < 4.78 is 0. The van der Waals surface area contributed by atoms with Gasteiger partial charge in [0, 0.05) is 53.9 Å². The normalized spacial score (nSPS) is 16.7. The molecule has 1 aromatic heterocycles. The van der Waals surface area contributed by atoms with E-state index in [2.05, 4.69) is 33.0 Å². The van der Waals surface area contributed by atoms with Crippen LogP contribution in [0.4, 0.5) is 17.2 Å². The van der Waals surface area contributed by atoms with Gasteiger partial charge in [0.25, 0.3) is 5.91 Å². The molecule has 1 aliphatic rings. The largest absolute Gasteiger partial charge is 0.377 e. The number of aromatic nitrogens is 1. The van der Waals surface area contributed by atoms with Crippen LogP contribution >= 0.6 is 23.2 Å². The smallest absolute Gasteiger partial charge is 0.255 e. The molecule has 0 spiro atoms. The van der Waals surface area contributed by atoms with E-state index < -0.39 is 0 Å². The molecule has 2 amide bonds. The molecule has 1 saturated carbocycles. The molecule has 7 nitrogen and oxygen atoms in total. The van der Waals surface area contributed by atoms with Crippen LogP contribution in [0.3, 0.4) is 0 Å². The van der Waals surface area contributed by atoms with Gasteiger partial charge in [-0.15, -0.1) is 0 Å². The standard InChI is InChI=1S/C32H33Cl2N5O2/c1-39(2)29-19-30(37-27-10-6-5-9-25(27)29)35-22-12-14-23(15-13-22)36-31(40)17-20-7-3-4-8-24(20)32(41)38-28-16-11-21(33)18-26(28)34/h3-11,16,18-19,22-23H,12-15,17H2,1-2H3,(H,35,37)(H,36,40)(H,38,41). The lowest BCUT2D eigenvalue weighted by Crippen LogP contribution is -2.41.